The lowest BCUT2D eigenvalue weighted by Crippen LogP contribution is -2.70. The topological polar surface area (TPSA) is 231 Å². The third-order valence-electron chi connectivity index (χ3n) is 30.3. The lowest BCUT2D eigenvalue weighted by molar-refractivity contribution is -0.164. The second-order valence-corrected chi connectivity index (χ2v) is 43.7. The molecule has 17 aliphatic rings. The summed E-state index contributed by atoms with van der Waals surface area (Å²) in [7, 11) is 0. The van der Waals surface area contributed by atoms with Gasteiger partial charge in [-0.1, -0.05) is 12.8 Å². The summed E-state index contributed by atoms with van der Waals surface area (Å²) < 4.78 is 37.8. The number of ether oxygens (including phenoxy) is 2. The monoisotopic (exact) mass is 1660 g/mol. The first kappa shape index (κ1) is 103. The highest BCUT2D eigenvalue weighted by atomic mass is 19.1. The molecule has 117 heavy (non-hydrogen) atoms. The van der Waals surface area contributed by atoms with Crippen LogP contribution in [0.1, 0.15) is 288 Å². The number of halogens is 2. The minimum atomic E-state index is -0.754. The highest BCUT2D eigenvalue weighted by Crippen LogP contribution is 2.42. The zero-order chi connectivity index (χ0) is 86.4. The zero-order valence-electron chi connectivity index (χ0n) is 80.3. The van der Waals surface area contributed by atoms with Crippen molar-refractivity contribution in [2.45, 2.75) is 432 Å². The van der Waals surface area contributed by atoms with Gasteiger partial charge < -0.3 is 64.3 Å². The Hall–Kier alpha value is -0.940. The van der Waals surface area contributed by atoms with Gasteiger partial charge in [0, 0.05) is 244 Å². The fourth-order valence-corrected chi connectivity index (χ4v) is 22.5. The maximum absolute atomic E-state index is 13.3. The predicted molar refractivity (Wildman–Crippen MR) is 493 cm³/mol. The number of fused-ring (bicyclic) bond motifs is 7. The molecule has 14 aliphatic heterocycles. The Balaban J connectivity index is 0.000000180. The first-order valence-electron chi connectivity index (χ1n) is 49.1. The minimum Gasteiger partial charge on any atom is -0.378 e. The van der Waals surface area contributed by atoms with Gasteiger partial charge in [0.05, 0.1) is 12.7 Å². The van der Waals surface area contributed by atoms with Crippen molar-refractivity contribution in [2.75, 3.05) is 144 Å². The average molecular weight is 1660 g/mol. The Labute approximate surface area is 719 Å². The van der Waals surface area contributed by atoms with Crippen LogP contribution < -0.4 is 45.0 Å². The van der Waals surface area contributed by atoms with Crippen molar-refractivity contribution in [1.29, 1.82) is 0 Å². The van der Waals surface area contributed by atoms with Crippen molar-refractivity contribution >= 4 is 0 Å². The van der Waals surface area contributed by atoms with E-state index >= 15 is 0 Å². The molecule has 14 N–H and O–H groups in total. The molecule has 690 valence electrons. The second-order valence-electron chi connectivity index (χ2n) is 43.7. The molecule has 18 atom stereocenters. The summed E-state index contributed by atoms with van der Waals surface area (Å²) in [5.74, 6) is 4.66. The van der Waals surface area contributed by atoms with E-state index in [1.54, 1.807) is 0 Å². The molecule has 0 aromatic carbocycles. The summed E-state index contributed by atoms with van der Waals surface area (Å²) in [6.45, 7) is 76.1. The van der Waals surface area contributed by atoms with E-state index < -0.39 is 12.3 Å². The van der Waals surface area contributed by atoms with E-state index in [0.717, 1.165) is 113 Å². The molecule has 2 spiro atoms. The van der Waals surface area contributed by atoms with Crippen LogP contribution in [0.3, 0.4) is 0 Å². The van der Waals surface area contributed by atoms with Crippen LogP contribution in [-0.4, -0.2) is 337 Å². The van der Waals surface area contributed by atoms with E-state index in [2.05, 4.69) is 212 Å². The molecule has 17 fully saturated rings. The first-order valence-corrected chi connectivity index (χ1v) is 49.1. The molecular formula is C95H194F2N18O2. The lowest BCUT2D eigenvalue weighted by atomic mass is 9.73. The number of morpholine rings is 1. The maximum atomic E-state index is 13.3. The van der Waals surface area contributed by atoms with Crippen LogP contribution >= 0.6 is 0 Å². The van der Waals surface area contributed by atoms with Gasteiger partial charge >= 0.3 is 0 Å². The third-order valence-corrected chi connectivity index (χ3v) is 30.3. The van der Waals surface area contributed by atoms with Gasteiger partial charge in [0.2, 0.25) is 0 Å². The number of hydrogen-bond donors (Lipinski definition) is 8. The van der Waals surface area contributed by atoms with Crippen molar-refractivity contribution in [3.63, 3.8) is 0 Å². The number of piperidine rings is 10. The molecule has 3 saturated carbocycles. The second kappa shape index (κ2) is 49.4. The summed E-state index contributed by atoms with van der Waals surface area (Å²) in [6.07, 6.45) is 24.6. The van der Waals surface area contributed by atoms with Crippen LogP contribution in [0.4, 0.5) is 8.78 Å². The molecule has 0 amide bonds. The zero-order valence-corrected chi connectivity index (χ0v) is 80.3. The quantitative estimate of drug-likeness (QED) is 0.107. The van der Waals surface area contributed by atoms with Crippen LogP contribution in [-0.2, 0) is 9.47 Å². The van der Waals surface area contributed by atoms with Crippen molar-refractivity contribution in [3.8, 4) is 0 Å². The van der Waals surface area contributed by atoms with Gasteiger partial charge in [-0.2, -0.15) is 0 Å². The molecule has 18 unspecified atom stereocenters. The standard InChI is InChI=1S/C11H22N2.C11H21NO.C11H21N.C10H20N2.C9H19FN2.C9H18N2O.C9H18N2.C9H20N2.C8H17FN2.C8H18N2/c1-11(2,3)13-7-8-4-5-10(13)9(12)6-8;1-9(2)12-6-5-11-10(8-12)4-3-7-13-11;1-9(2)12-7-6-10-4-3-5-11(10)8-12;1-9(2)12-7-10(8-12)4-3-5-11-6-10;1-6(2)12-5-8(11)4-9(10)7(12)3;1-8(2)11-6-9(7-11)5-10-3-4-12-9;1-6(2)11-5-7-3-4-8(11)9(7)10;1-7(2)11-6-9(10)5-4-8(11)3;1-6(2)11-4-7(9)3-8(10)5-11;1-7(2)10-5-3-4-8(9)6-10/h8-10H,4-7,12H2,1-3H3;9-11H,3-8H2,1-2H3;9-11H,3-8H2,1-2H3;9,11H,3-8H2,1-2H3;6-9H,4-5,11H2,1-3H3;8,10H,3-7H2,1-2H3;6-9H,3-5,10H2,1-2H3;7-9H,4-6,10H2,1-3H3;6-8H,3-5,10H2,1-2H3;7-8H,3-6,9H2,1-2H3. The van der Waals surface area contributed by atoms with E-state index in [9.17, 15) is 8.78 Å². The lowest BCUT2D eigenvalue weighted by Gasteiger charge is -2.54. The molecular weight excluding hydrogens is 1460 g/mol. The van der Waals surface area contributed by atoms with Crippen molar-refractivity contribution < 1.29 is 18.3 Å². The number of nitrogens with zero attached hydrogens (tertiary/aromatic N) is 10. The Morgan fingerprint density at radius 1 is 0.402 bits per heavy atom. The molecule has 17 rings (SSSR count). The SMILES string of the molecule is CC(C)(C)N1CC2CCC1C(N)C2.CC(C)N1CC(N)CC(F)C1.CC(C)N1CC(N)CC(F)C1C.CC(C)N1CC(N)CCC1C.CC(C)N1CC2(CCCNC2)C1.CC(C)N1CC2(CNCCO2)C1.CC(C)N1CC2CCC1C2N.CC(C)N1CCC2CCCC2C1.CC(C)N1CCC2OCCCC2C1.CC(C)N1CCCC(N)C1. The molecule has 3 aliphatic carbocycles. The first-order chi connectivity index (χ1) is 55.1. The van der Waals surface area contributed by atoms with Gasteiger partial charge in [-0.05, 0) is 324 Å². The molecule has 20 nitrogen and oxygen atoms in total. The maximum Gasteiger partial charge on any atom is 0.117 e. The molecule has 0 radical (unpaired) electrons. The van der Waals surface area contributed by atoms with E-state index in [1.165, 1.54) is 188 Å². The van der Waals surface area contributed by atoms with Gasteiger partial charge in [0.15, 0.2) is 0 Å². The number of hydrogen-bond acceptors (Lipinski definition) is 20. The Kier molecular flexibility index (Phi) is 43.6. The van der Waals surface area contributed by atoms with Gasteiger partial charge in [0.1, 0.15) is 17.9 Å². The van der Waals surface area contributed by atoms with Crippen molar-refractivity contribution in [2.24, 2.45) is 69.4 Å². The van der Waals surface area contributed by atoms with Crippen LogP contribution in [0.15, 0.2) is 0 Å². The molecule has 0 aromatic rings. The number of likely N-dealkylation sites (tertiary alicyclic amines) is 9. The van der Waals surface area contributed by atoms with Gasteiger partial charge in [-0.15, -0.1) is 0 Å². The Morgan fingerprint density at radius 2 is 0.949 bits per heavy atom. The fourth-order valence-electron chi connectivity index (χ4n) is 22.5. The summed E-state index contributed by atoms with van der Waals surface area (Å²) in [5.41, 5.74) is 36.5. The van der Waals surface area contributed by atoms with Crippen molar-refractivity contribution in [1.82, 2.24) is 59.6 Å². The highest BCUT2D eigenvalue weighted by Gasteiger charge is 2.49. The molecule has 14 heterocycles. The van der Waals surface area contributed by atoms with Gasteiger partial charge in [-0.25, -0.2) is 8.78 Å². The third kappa shape index (κ3) is 32.4. The summed E-state index contributed by atoms with van der Waals surface area (Å²) >= 11 is 0. The van der Waals surface area contributed by atoms with Crippen LogP contribution in [0, 0.1) is 35.0 Å². The average Bonchev–Trinajstić information content (AvgIpc) is 1.66. The Bertz CT molecular complexity index is 2590. The summed E-state index contributed by atoms with van der Waals surface area (Å²) in [6, 6.07) is 9.65. The van der Waals surface area contributed by atoms with Gasteiger partial charge in [-0.3, -0.25) is 39.2 Å². The summed E-state index contributed by atoms with van der Waals surface area (Å²) in [5, 5.41) is 6.90. The van der Waals surface area contributed by atoms with E-state index in [1.807, 2.05) is 6.92 Å². The fraction of sp³-hybridized carbons (Fsp3) is 1.00. The highest BCUT2D eigenvalue weighted by molar-refractivity contribution is 5.05. The van der Waals surface area contributed by atoms with Crippen LogP contribution in [0.25, 0.3) is 0 Å². The smallest absolute Gasteiger partial charge is 0.117 e. The van der Waals surface area contributed by atoms with Crippen molar-refractivity contribution in [3.05, 3.63) is 0 Å². The molecule has 14 saturated heterocycles. The van der Waals surface area contributed by atoms with E-state index in [4.69, 9.17) is 43.9 Å². The largest absolute Gasteiger partial charge is 0.378 e. The van der Waals surface area contributed by atoms with E-state index in [0.29, 0.717) is 115 Å². The summed E-state index contributed by atoms with van der Waals surface area (Å²) in [4.78, 5) is 24.6. The number of nitrogens with two attached hydrogens (primary N) is 6. The van der Waals surface area contributed by atoms with Crippen LogP contribution in [0.2, 0.25) is 0 Å². The number of nitrogens with one attached hydrogen (secondary N) is 2. The minimum absolute atomic E-state index is 0.0126. The number of rotatable bonds is 9. The Morgan fingerprint density at radius 3 is 1.44 bits per heavy atom. The van der Waals surface area contributed by atoms with E-state index in [-0.39, 0.29) is 23.7 Å². The van der Waals surface area contributed by atoms with Crippen LogP contribution in [0.5, 0.6) is 0 Å². The molecule has 22 heteroatoms. The van der Waals surface area contributed by atoms with Gasteiger partial charge in [0.25, 0.3) is 0 Å². The molecule has 4 bridgehead atoms. The number of alkyl halides is 2. The predicted octanol–water partition coefficient (Wildman–Crippen LogP) is 11.9. The molecule has 0 aromatic heterocycles. The normalized spacial score (nSPS) is 35.6.